The number of carbonyl (C=O) groups is 1. The van der Waals surface area contributed by atoms with Crippen LogP contribution in [0.4, 0.5) is 5.69 Å². The van der Waals surface area contributed by atoms with Crippen LogP contribution >= 0.6 is 0 Å². The van der Waals surface area contributed by atoms with Crippen molar-refractivity contribution >= 4 is 27.7 Å². The monoisotopic (exact) mass is 509 g/mol. The Labute approximate surface area is 213 Å². The second kappa shape index (κ2) is 12.8. The number of sulfonamides is 1. The van der Waals surface area contributed by atoms with Crippen molar-refractivity contribution in [2.24, 2.45) is 0 Å². The summed E-state index contributed by atoms with van der Waals surface area (Å²) in [5.74, 6) is 0.972. The van der Waals surface area contributed by atoms with Crippen LogP contribution in [-0.4, -0.2) is 35.2 Å². The van der Waals surface area contributed by atoms with Crippen molar-refractivity contribution in [2.75, 3.05) is 25.1 Å². The first-order chi connectivity index (χ1) is 17.4. The third-order valence-corrected chi connectivity index (χ3v) is 7.14. The van der Waals surface area contributed by atoms with E-state index < -0.39 is 15.9 Å². The summed E-state index contributed by atoms with van der Waals surface area (Å²) in [6, 6.07) is 19.4. The molecule has 8 heteroatoms. The maximum Gasteiger partial charge on any atom is 0.271 e. The van der Waals surface area contributed by atoms with E-state index in [4.69, 9.17) is 14.2 Å². The Balaban J connectivity index is 1.89. The predicted molar refractivity (Wildman–Crippen MR) is 141 cm³/mol. The molecular weight excluding hydrogens is 478 g/mol. The standard InChI is InChI=1S/C28H31NO6S/c1-4-5-9-20-35-26-18-12-22(21-27(26)34-3)13-19-28(30)29(23-14-16-24(33-2)17-15-23)36(31,32)25-10-7-6-8-11-25/h6-8,10-19,21H,4-5,9,20H2,1-3H3/b19-13+. The van der Waals surface area contributed by atoms with Gasteiger partial charge in [-0.1, -0.05) is 44.0 Å². The molecule has 1 amide bonds. The molecule has 190 valence electrons. The average molecular weight is 510 g/mol. The van der Waals surface area contributed by atoms with Gasteiger partial charge in [0.25, 0.3) is 15.9 Å². The average Bonchev–Trinajstić information content (AvgIpc) is 2.91. The SMILES string of the molecule is CCCCCOc1ccc(/C=C/C(=O)N(c2ccc(OC)cc2)S(=O)(=O)c2ccccc2)cc1OC. The van der Waals surface area contributed by atoms with Crippen molar-refractivity contribution in [3.05, 3.63) is 84.4 Å². The summed E-state index contributed by atoms with van der Waals surface area (Å²) in [6.07, 6.45) is 5.91. The highest BCUT2D eigenvalue weighted by Gasteiger charge is 2.29. The molecule has 0 aromatic heterocycles. The van der Waals surface area contributed by atoms with Crippen molar-refractivity contribution in [1.82, 2.24) is 0 Å². The number of hydrogen-bond donors (Lipinski definition) is 0. The van der Waals surface area contributed by atoms with E-state index in [0.29, 0.717) is 29.4 Å². The number of carbonyl (C=O) groups excluding carboxylic acids is 1. The summed E-state index contributed by atoms with van der Waals surface area (Å²) >= 11 is 0. The number of benzene rings is 3. The van der Waals surface area contributed by atoms with Crippen molar-refractivity contribution < 1.29 is 27.4 Å². The van der Waals surface area contributed by atoms with E-state index >= 15 is 0 Å². The number of nitrogens with zero attached hydrogens (tertiary/aromatic N) is 1. The Kier molecular flexibility index (Phi) is 9.53. The molecule has 0 aliphatic heterocycles. The third-order valence-electron chi connectivity index (χ3n) is 5.40. The summed E-state index contributed by atoms with van der Waals surface area (Å²) in [6.45, 7) is 2.72. The smallest absolute Gasteiger partial charge is 0.271 e. The molecule has 3 rings (SSSR count). The van der Waals surface area contributed by atoms with Gasteiger partial charge >= 0.3 is 0 Å². The number of methoxy groups -OCH3 is 2. The minimum atomic E-state index is -4.16. The normalized spacial score (nSPS) is 11.3. The zero-order chi connectivity index (χ0) is 26.0. The maximum absolute atomic E-state index is 13.4. The largest absolute Gasteiger partial charge is 0.497 e. The molecule has 0 heterocycles. The van der Waals surface area contributed by atoms with Gasteiger partial charge in [0.05, 0.1) is 31.4 Å². The first kappa shape index (κ1) is 26.8. The van der Waals surface area contributed by atoms with Gasteiger partial charge in [0, 0.05) is 6.08 Å². The van der Waals surface area contributed by atoms with Crippen LogP contribution < -0.4 is 18.5 Å². The molecule has 0 atom stereocenters. The number of unbranched alkanes of at least 4 members (excludes halogenated alkanes) is 2. The number of ether oxygens (including phenoxy) is 3. The van der Waals surface area contributed by atoms with E-state index in [9.17, 15) is 13.2 Å². The molecule has 0 aliphatic carbocycles. The maximum atomic E-state index is 13.4. The number of hydrogen-bond acceptors (Lipinski definition) is 6. The molecule has 0 aliphatic rings. The molecular formula is C28H31NO6S. The fraction of sp³-hybridized carbons (Fsp3) is 0.250. The summed E-state index contributed by atoms with van der Waals surface area (Å²) in [5.41, 5.74) is 0.857. The number of anilines is 1. The van der Waals surface area contributed by atoms with Crippen LogP contribution in [0.25, 0.3) is 6.08 Å². The van der Waals surface area contributed by atoms with Crippen LogP contribution in [0, 0.1) is 0 Å². The molecule has 0 bridgehead atoms. The topological polar surface area (TPSA) is 82.1 Å². The van der Waals surface area contributed by atoms with Crippen molar-refractivity contribution in [1.29, 1.82) is 0 Å². The number of amides is 1. The Bertz CT molecular complexity index is 1270. The lowest BCUT2D eigenvalue weighted by atomic mass is 10.2. The van der Waals surface area contributed by atoms with Gasteiger partial charge in [-0.2, -0.15) is 4.31 Å². The minimum Gasteiger partial charge on any atom is -0.497 e. The van der Waals surface area contributed by atoms with Gasteiger partial charge in [0.2, 0.25) is 0 Å². The Morgan fingerprint density at radius 1 is 0.889 bits per heavy atom. The zero-order valence-electron chi connectivity index (χ0n) is 20.7. The molecule has 0 unspecified atom stereocenters. The van der Waals surface area contributed by atoms with Gasteiger partial charge in [0.1, 0.15) is 5.75 Å². The Morgan fingerprint density at radius 3 is 2.25 bits per heavy atom. The lowest BCUT2D eigenvalue weighted by molar-refractivity contribution is -0.113. The highest BCUT2D eigenvalue weighted by molar-refractivity contribution is 7.93. The van der Waals surface area contributed by atoms with Crippen molar-refractivity contribution in [2.45, 2.75) is 31.1 Å². The first-order valence-corrected chi connectivity index (χ1v) is 13.1. The van der Waals surface area contributed by atoms with E-state index in [1.54, 1.807) is 61.7 Å². The second-order valence-corrected chi connectivity index (χ2v) is 9.70. The summed E-state index contributed by atoms with van der Waals surface area (Å²) in [7, 11) is -1.11. The van der Waals surface area contributed by atoms with E-state index in [2.05, 4.69) is 6.92 Å². The summed E-state index contributed by atoms with van der Waals surface area (Å²) in [5, 5.41) is 0. The van der Waals surface area contributed by atoms with Gasteiger partial charge in [-0.05, 0) is 66.6 Å². The summed E-state index contributed by atoms with van der Waals surface area (Å²) in [4.78, 5) is 13.3. The Morgan fingerprint density at radius 2 is 1.61 bits per heavy atom. The van der Waals surface area contributed by atoms with Crippen molar-refractivity contribution in [3.63, 3.8) is 0 Å². The second-order valence-electron chi connectivity index (χ2n) is 7.92. The number of rotatable bonds is 12. The minimum absolute atomic E-state index is 0.00816. The lowest BCUT2D eigenvalue weighted by Gasteiger charge is -2.21. The van der Waals surface area contributed by atoms with Crippen LogP contribution in [-0.2, 0) is 14.8 Å². The van der Waals surface area contributed by atoms with E-state index in [1.165, 1.54) is 37.5 Å². The van der Waals surface area contributed by atoms with E-state index in [0.717, 1.165) is 23.6 Å². The lowest BCUT2D eigenvalue weighted by Crippen LogP contribution is -2.35. The van der Waals surface area contributed by atoms with Crippen LogP contribution in [0.1, 0.15) is 31.7 Å². The van der Waals surface area contributed by atoms with Crippen LogP contribution in [0.5, 0.6) is 17.2 Å². The Hall–Kier alpha value is -3.78. The molecule has 0 saturated carbocycles. The molecule has 0 saturated heterocycles. The fourth-order valence-corrected chi connectivity index (χ4v) is 4.89. The van der Waals surface area contributed by atoms with Gasteiger partial charge in [-0.15, -0.1) is 0 Å². The quantitative estimate of drug-likeness (QED) is 0.230. The molecule has 7 nitrogen and oxygen atoms in total. The molecule has 0 radical (unpaired) electrons. The van der Waals surface area contributed by atoms with Gasteiger partial charge in [-0.3, -0.25) is 4.79 Å². The van der Waals surface area contributed by atoms with E-state index in [1.807, 2.05) is 0 Å². The van der Waals surface area contributed by atoms with Gasteiger partial charge < -0.3 is 14.2 Å². The fourth-order valence-electron chi connectivity index (χ4n) is 3.48. The predicted octanol–water partition coefficient (Wildman–Crippen LogP) is 5.71. The third kappa shape index (κ3) is 6.66. The van der Waals surface area contributed by atoms with Gasteiger partial charge in [0.15, 0.2) is 11.5 Å². The van der Waals surface area contributed by atoms with E-state index in [-0.39, 0.29) is 10.6 Å². The van der Waals surface area contributed by atoms with Crippen LogP contribution in [0.2, 0.25) is 0 Å². The molecule has 0 N–H and O–H groups in total. The first-order valence-electron chi connectivity index (χ1n) is 11.7. The van der Waals surface area contributed by atoms with Crippen LogP contribution in [0.15, 0.2) is 83.8 Å². The molecule has 3 aromatic rings. The highest BCUT2D eigenvalue weighted by Crippen LogP contribution is 2.30. The van der Waals surface area contributed by atoms with Crippen molar-refractivity contribution in [3.8, 4) is 17.2 Å². The highest BCUT2D eigenvalue weighted by atomic mass is 32.2. The van der Waals surface area contributed by atoms with Gasteiger partial charge in [-0.25, -0.2) is 8.42 Å². The molecule has 0 fully saturated rings. The molecule has 36 heavy (non-hydrogen) atoms. The molecule has 3 aromatic carbocycles. The van der Waals surface area contributed by atoms with Crippen LogP contribution in [0.3, 0.4) is 0 Å². The summed E-state index contributed by atoms with van der Waals surface area (Å²) < 4.78 is 44.1. The molecule has 0 spiro atoms. The zero-order valence-corrected chi connectivity index (χ0v) is 21.5.